The van der Waals surface area contributed by atoms with Gasteiger partial charge in [0.2, 0.25) is 11.8 Å². The fourth-order valence-electron chi connectivity index (χ4n) is 3.23. The highest BCUT2D eigenvalue weighted by molar-refractivity contribution is 7.92. The van der Waals surface area contributed by atoms with Crippen molar-refractivity contribution in [2.45, 2.75) is 56.4 Å². The fraction of sp³-hybridized carbons (Fsp3) is 0.364. The normalized spacial score (nSPS) is 15.7. The van der Waals surface area contributed by atoms with Crippen molar-refractivity contribution in [3.63, 3.8) is 0 Å². The van der Waals surface area contributed by atoms with Crippen LogP contribution >= 0.6 is 0 Å². The molecule has 0 heterocycles. The molecule has 2 aromatic carbocycles. The van der Waals surface area contributed by atoms with Crippen molar-refractivity contribution in [3.05, 3.63) is 54.1 Å². The van der Waals surface area contributed by atoms with E-state index in [1.54, 1.807) is 24.3 Å². The molecule has 2 aromatic rings. The Bertz CT molecular complexity index is 1030. The second kappa shape index (κ2) is 8.47. The molecule has 7 nitrogen and oxygen atoms in total. The van der Waals surface area contributed by atoms with Crippen LogP contribution in [0.1, 0.15) is 45.6 Å². The minimum Gasteiger partial charge on any atom is -0.353 e. The third-order valence-corrected chi connectivity index (χ3v) is 6.75. The predicted octanol–water partition coefficient (Wildman–Crippen LogP) is 3.39. The summed E-state index contributed by atoms with van der Waals surface area (Å²) in [5, 5.41) is 5.64. The average molecular weight is 430 g/mol. The molecule has 0 bridgehead atoms. The van der Waals surface area contributed by atoms with Gasteiger partial charge in [-0.15, -0.1) is 0 Å². The molecule has 0 unspecified atom stereocenters. The minimum atomic E-state index is -3.77. The van der Waals surface area contributed by atoms with E-state index in [4.69, 9.17) is 0 Å². The number of carbonyl (C=O) groups is 2. The molecule has 0 saturated heterocycles. The van der Waals surface area contributed by atoms with Crippen LogP contribution in [0.5, 0.6) is 0 Å². The molecule has 1 fully saturated rings. The van der Waals surface area contributed by atoms with Gasteiger partial charge >= 0.3 is 0 Å². The Morgan fingerprint density at radius 1 is 1.00 bits per heavy atom. The van der Waals surface area contributed by atoms with Crippen molar-refractivity contribution in [2.24, 2.45) is 0 Å². The van der Waals surface area contributed by atoms with Gasteiger partial charge in [0.15, 0.2) is 0 Å². The first-order chi connectivity index (χ1) is 14.2. The first-order valence-electron chi connectivity index (χ1n) is 9.98. The Hall–Kier alpha value is -2.87. The number of anilines is 2. The molecule has 160 valence electrons. The molecule has 3 N–H and O–H groups in total. The zero-order chi connectivity index (χ0) is 21.9. The zero-order valence-electron chi connectivity index (χ0n) is 17.4. The maximum atomic E-state index is 12.6. The summed E-state index contributed by atoms with van der Waals surface area (Å²) in [6.07, 6.45) is 2.45. The molecule has 0 spiro atoms. The van der Waals surface area contributed by atoms with E-state index < -0.39 is 15.4 Å². The Kier molecular flexibility index (Phi) is 6.17. The lowest BCUT2D eigenvalue weighted by atomic mass is 9.94. The fourth-order valence-corrected chi connectivity index (χ4v) is 4.29. The molecular weight excluding hydrogens is 402 g/mol. The third kappa shape index (κ3) is 4.81. The van der Waals surface area contributed by atoms with Crippen LogP contribution in [0.2, 0.25) is 0 Å². The molecule has 0 aliphatic heterocycles. The van der Waals surface area contributed by atoms with Crippen LogP contribution in [-0.4, -0.2) is 26.3 Å². The first-order valence-corrected chi connectivity index (χ1v) is 11.5. The Morgan fingerprint density at radius 2 is 1.57 bits per heavy atom. The van der Waals surface area contributed by atoms with Crippen LogP contribution in [0, 0.1) is 0 Å². The van der Waals surface area contributed by atoms with E-state index in [1.165, 1.54) is 31.2 Å². The van der Waals surface area contributed by atoms with Crippen LogP contribution in [0.3, 0.4) is 0 Å². The summed E-state index contributed by atoms with van der Waals surface area (Å²) in [5.41, 5.74) is 1.34. The van der Waals surface area contributed by atoms with Crippen LogP contribution < -0.4 is 15.4 Å². The number of benzene rings is 2. The van der Waals surface area contributed by atoms with E-state index in [-0.39, 0.29) is 22.8 Å². The summed E-state index contributed by atoms with van der Waals surface area (Å²) in [6, 6.07) is 13.0. The van der Waals surface area contributed by atoms with Crippen molar-refractivity contribution in [1.82, 2.24) is 5.32 Å². The lowest BCUT2D eigenvalue weighted by Crippen LogP contribution is -2.39. The maximum Gasteiger partial charge on any atom is 0.261 e. The molecule has 0 aromatic heterocycles. The van der Waals surface area contributed by atoms with E-state index in [9.17, 15) is 18.0 Å². The number of sulfonamides is 1. The van der Waals surface area contributed by atoms with Crippen molar-refractivity contribution in [3.8, 4) is 0 Å². The lowest BCUT2D eigenvalue weighted by Gasteiger charge is -2.19. The highest BCUT2D eigenvalue weighted by Crippen LogP contribution is 2.48. The predicted molar refractivity (Wildman–Crippen MR) is 117 cm³/mol. The van der Waals surface area contributed by atoms with Crippen molar-refractivity contribution < 1.29 is 18.0 Å². The van der Waals surface area contributed by atoms with Gasteiger partial charge in [-0.2, -0.15) is 0 Å². The van der Waals surface area contributed by atoms with Gasteiger partial charge in [0.25, 0.3) is 10.0 Å². The van der Waals surface area contributed by atoms with Gasteiger partial charge in [0.1, 0.15) is 0 Å². The SMILES string of the molecule is CC[C@H](C)NC(=O)C1(c2ccc(NS(=O)(=O)c3ccc(NC(C)=O)cc3)cc2)CC1. The first kappa shape index (κ1) is 21.8. The molecular formula is C22H27N3O4S. The van der Waals surface area contributed by atoms with Gasteiger partial charge in [0, 0.05) is 24.3 Å². The summed E-state index contributed by atoms with van der Waals surface area (Å²) < 4.78 is 27.8. The quantitative estimate of drug-likeness (QED) is 0.598. The Labute approximate surface area is 177 Å². The zero-order valence-corrected chi connectivity index (χ0v) is 18.2. The van der Waals surface area contributed by atoms with E-state index in [0.29, 0.717) is 11.4 Å². The van der Waals surface area contributed by atoms with E-state index in [2.05, 4.69) is 15.4 Å². The van der Waals surface area contributed by atoms with Gasteiger partial charge in [0.05, 0.1) is 10.3 Å². The van der Waals surface area contributed by atoms with Gasteiger partial charge in [-0.1, -0.05) is 19.1 Å². The van der Waals surface area contributed by atoms with Gasteiger partial charge in [-0.25, -0.2) is 8.42 Å². The summed E-state index contributed by atoms with van der Waals surface area (Å²) in [5.74, 6) is -0.195. The van der Waals surface area contributed by atoms with Gasteiger partial charge < -0.3 is 10.6 Å². The van der Waals surface area contributed by atoms with E-state index >= 15 is 0 Å². The van der Waals surface area contributed by atoms with Crippen molar-refractivity contribution in [1.29, 1.82) is 0 Å². The molecule has 1 saturated carbocycles. The monoisotopic (exact) mass is 429 g/mol. The summed E-state index contributed by atoms with van der Waals surface area (Å²) >= 11 is 0. The lowest BCUT2D eigenvalue weighted by molar-refractivity contribution is -0.124. The number of hydrogen-bond donors (Lipinski definition) is 3. The number of rotatable bonds is 8. The molecule has 1 aliphatic carbocycles. The van der Waals surface area contributed by atoms with Crippen LogP contribution in [-0.2, 0) is 25.0 Å². The Balaban J connectivity index is 1.71. The van der Waals surface area contributed by atoms with E-state index in [1.807, 2.05) is 13.8 Å². The second-order valence-electron chi connectivity index (χ2n) is 7.75. The van der Waals surface area contributed by atoms with E-state index in [0.717, 1.165) is 24.8 Å². The molecule has 30 heavy (non-hydrogen) atoms. The molecule has 2 amide bonds. The van der Waals surface area contributed by atoms with Crippen molar-refractivity contribution in [2.75, 3.05) is 10.0 Å². The highest BCUT2D eigenvalue weighted by Gasteiger charge is 2.51. The molecule has 0 radical (unpaired) electrons. The Morgan fingerprint density at radius 3 is 2.07 bits per heavy atom. The molecule has 1 atom stereocenters. The van der Waals surface area contributed by atoms with Gasteiger partial charge in [-0.3, -0.25) is 14.3 Å². The topological polar surface area (TPSA) is 104 Å². The maximum absolute atomic E-state index is 12.6. The largest absolute Gasteiger partial charge is 0.353 e. The molecule has 1 aliphatic rings. The summed E-state index contributed by atoms with van der Waals surface area (Å²) in [7, 11) is -3.77. The standard InChI is InChI=1S/C22H27N3O4S/c1-4-15(2)23-21(27)22(13-14-22)17-5-7-19(8-6-17)25-30(28,29)20-11-9-18(10-12-20)24-16(3)26/h5-12,15,25H,4,13-14H2,1-3H3,(H,23,27)(H,24,26)/t15-/m0/s1. The summed E-state index contributed by atoms with van der Waals surface area (Å²) in [6.45, 7) is 5.39. The highest BCUT2D eigenvalue weighted by atomic mass is 32.2. The summed E-state index contributed by atoms with van der Waals surface area (Å²) in [4.78, 5) is 23.8. The molecule has 8 heteroatoms. The average Bonchev–Trinajstić information content (AvgIpc) is 3.50. The third-order valence-electron chi connectivity index (χ3n) is 5.35. The second-order valence-corrected chi connectivity index (χ2v) is 9.44. The number of nitrogens with one attached hydrogen (secondary N) is 3. The number of amides is 2. The van der Waals surface area contributed by atoms with Crippen LogP contribution in [0.4, 0.5) is 11.4 Å². The number of carbonyl (C=O) groups excluding carboxylic acids is 2. The van der Waals surface area contributed by atoms with Crippen molar-refractivity contribution >= 4 is 33.2 Å². The van der Waals surface area contributed by atoms with Gasteiger partial charge in [-0.05, 0) is 68.1 Å². The molecule has 3 rings (SSSR count). The van der Waals surface area contributed by atoms with Crippen LogP contribution in [0.15, 0.2) is 53.4 Å². The van der Waals surface area contributed by atoms with Crippen LogP contribution in [0.25, 0.3) is 0 Å². The smallest absolute Gasteiger partial charge is 0.261 e. The number of hydrogen-bond acceptors (Lipinski definition) is 4. The minimum absolute atomic E-state index is 0.0319.